The molecular weight excluding hydrogens is 496 g/mol. The zero-order chi connectivity index (χ0) is 27.0. The van der Waals surface area contributed by atoms with E-state index in [1.165, 1.54) is 11.8 Å². The third kappa shape index (κ3) is 7.58. The fourth-order valence-electron chi connectivity index (χ4n) is 4.80. The van der Waals surface area contributed by atoms with E-state index < -0.39 is 9.84 Å². The summed E-state index contributed by atoms with van der Waals surface area (Å²) in [6, 6.07) is 25.2. The fourth-order valence-corrected chi connectivity index (χ4v) is 5.43. The second-order valence-corrected chi connectivity index (χ2v) is 12.0. The van der Waals surface area contributed by atoms with E-state index in [0.29, 0.717) is 42.2 Å². The molecule has 0 aromatic heterocycles. The molecule has 1 heterocycles. The molecule has 0 spiro atoms. The summed E-state index contributed by atoms with van der Waals surface area (Å²) in [4.78, 5) is 4.52. The smallest absolute Gasteiger partial charge is 0.198 e. The van der Waals surface area contributed by atoms with Gasteiger partial charge in [-0.1, -0.05) is 42.5 Å². The second kappa shape index (κ2) is 12.9. The minimum atomic E-state index is -3.21. The maximum Gasteiger partial charge on any atom is 0.198 e. The lowest BCUT2D eigenvalue weighted by Gasteiger charge is -2.38. The van der Waals surface area contributed by atoms with Gasteiger partial charge in [-0.25, -0.2) is 8.42 Å². The Hall–Kier alpha value is -3.36. The minimum absolute atomic E-state index is 0.297. The molecular formula is C30H38N4O3S. The largest absolute Gasteiger partial charge is 0.489 e. The van der Waals surface area contributed by atoms with Crippen molar-refractivity contribution in [1.29, 1.82) is 5.41 Å². The first kappa shape index (κ1) is 27.7. The highest BCUT2D eigenvalue weighted by molar-refractivity contribution is 7.90. The molecule has 0 unspecified atom stereocenters. The van der Waals surface area contributed by atoms with E-state index in [2.05, 4.69) is 35.2 Å². The number of hydrogen-bond donors (Lipinski definition) is 2. The summed E-state index contributed by atoms with van der Waals surface area (Å²) >= 11 is 0. The van der Waals surface area contributed by atoms with Crippen LogP contribution in [-0.2, 0) is 22.9 Å². The molecule has 0 bridgehead atoms. The Labute approximate surface area is 226 Å². The molecule has 3 N–H and O–H groups in total. The summed E-state index contributed by atoms with van der Waals surface area (Å²) < 4.78 is 29.2. The Kier molecular flexibility index (Phi) is 9.42. The molecule has 38 heavy (non-hydrogen) atoms. The van der Waals surface area contributed by atoms with Gasteiger partial charge in [0.15, 0.2) is 15.8 Å². The normalized spacial score (nSPS) is 14.3. The number of benzene rings is 3. The number of guanidine groups is 1. The average Bonchev–Trinajstić information content (AvgIpc) is 2.93. The van der Waals surface area contributed by atoms with Gasteiger partial charge in [-0.15, -0.1) is 0 Å². The quantitative estimate of drug-likeness (QED) is 0.289. The number of sulfone groups is 1. The van der Waals surface area contributed by atoms with Gasteiger partial charge in [0.1, 0.15) is 12.4 Å². The fraction of sp³-hybridized carbons (Fsp3) is 0.367. The van der Waals surface area contributed by atoms with Crippen LogP contribution in [0.15, 0.2) is 83.8 Å². The maximum absolute atomic E-state index is 11.6. The van der Waals surface area contributed by atoms with E-state index in [1.807, 2.05) is 29.2 Å². The number of likely N-dealkylation sites (tertiary alicyclic amines) is 1. The monoisotopic (exact) mass is 534 g/mol. The van der Waals surface area contributed by atoms with Crippen LogP contribution in [0.25, 0.3) is 0 Å². The lowest BCUT2D eigenvalue weighted by molar-refractivity contribution is 0.261. The van der Waals surface area contributed by atoms with Gasteiger partial charge in [0.2, 0.25) is 0 Å². The highest BCUT2D eigenvalue weighted by atomic mass is 32.2. The third-order valence-electron chi connectivity index (χ3n) is 7.03. The predicted octanol–water partition coefficient (Wildman–Crippen LogP) is 4.71. The Balaban J connectivity index is 1.34. The van der Waals surface area contributed by atoms with Crippen molar-refractivity contribution >= 4 is 21.5 Å². The van der Waals surface area contributed by atoms with Crippen molar-refractivity contribution in [3.8, 4) is 5.75 Å². The van der Waals surface area contributed by atoms with Crippen molar-refractivity contribution in [2.75, 3.05) is 37.3 Å². The van der Waals surface area contributed by atoms with Crippen molar-refractivity contribution in [3.05, 3.63) is 90.0 Å². The predicted molar refractivity (Wildman–Crippen MR) is 154 cm³/mol. The summed E-state index contributed by atoms with van der Waals surface area (Å²) in [5.74, 6) is 1.89. The van der Waals surface area contributed by atoms with Crippen LogP contribution in [0.2, 0.25) is 0 Å². The molecule has 1 aliphatic rings. The van der Waals surface area contributed by atoms with Crippen LogP contribution in [0.1, 0.15) is 30.4 Å². The van der Waals surface area contributed by atoms with Crippen molar-refractivity contribution in [2.24, 2.45) is 11.7 Å². The van der Waals surface area contributed by atoms with Gasteiger partial charge in [0, 0.05) is 31.6 Å². The summed E-state index contributed by atoms with van der Waals surface area (Å²) in [5.41, 5.74) is 9.04. The number of nitrogens with zero attached hydrogens (tertiary/aromatic N) is 2. The molecule has 0 radical (unpaired) electrons. The van der Waals surface area contributed by atoms with Gasteiger partial charge in [-0.3, -0.25) is 5.41 Å². The van der Waals surface area contributed by atoms with Crippen LogP contribution in [-0.4, -0.2) is 51.7 Å². The van der Waals surface area contributed by atoms with Crippen LogP contribution < -0.4 is 15.4 Å². The van der Waals surface area contributed by atoms with Gasteiger partial charge < -0.3 is 20.3 Å². The molecule has 1 aliphatic heterocycles. The van der Waals surface area contributed by atoms with Crippen LogP contribution >= 0.6 is 0 Å². The number of hydrogen-bond acceptors (Lipinski definition) is 5. The molecule has 0 amide bonds. The van der Waals surface area contributed by atoms with Crippen LogP contribution in [0.4, 0.5) is 5.69 Å². The topological polar surface area (TPSA) is 99.7 Å². The van der Waals surface area contributed by atoms with E-state index in [4.69, 9.17) is 15.9 Å². The summed E-state index contributed by atoms with van der Waals surface area (Å²) in [6.07, 6.45) is 5.27. The Morgan fingerprint density at radius 1 is 0.974 bits per heavy atom. The lowest BCUT2D eigenvalue weighted by Crippen LogP contribution is -2.48. The highest BCUT2D eigenvalue weighted by Gasteiger charge is 2.25. The summed E-state index contributed by atoms with van der Waals surface area (Å²) in [5, 5.41) is 8.99. The first-order chi connectivity index (χ1) is 18.3. The van der Waals surface area contributed by atoms with E-state index in [0.717, 1.165) is 50.0 Å². The van der Waals surface area contributed by atoms with Crippen molar-refractivity contribution in [3.63, 3.8) is 0 Å². The number of nitrogens with one attached hydrogen (secondary N) is 1. The van der Waals surface area contributed by atoms with Crippen LogP contribution in [0.3, 0.4) is 0 Å². The van der Waals surface area contributed by atoms with Crippen molar-refractivity contribution in [1.82, 2.24) is 4.90 Å². The molecule has 1 fully saturated rings. The van der Waals surface area contributed by atoms with E-state index >= 15 is 0 Å². The standard InChI is InChI=1S/C30H38N4O3S/c1-38(35,36)29-14-8-26(9-15-29)23-37-28-12-10-27(11-13-28)34(19-5-18-31)30(32)33-20-16-25(17-21-33)22-24-6-3-2-4-7-24/h2-4,6-15,25,32H,5,16-23,31H2,1H3. The number of anilines is 1. The minimum Gasteiger partial charge on any atom is -0.489 e. The number of rotatable bonds is 10. The molecule has 202 valence electrons. The SMILES string of the molecule is CS(=O)(=O)c1ccc(COc2ccc(N(CCCN)C(=N)N3CCC(Cc4ccccc4)CC3)cc2)cc1. The van der Waals surface area contributed by atoms with Crippen molar-refractivity contribution < 1.29 is 13.2 Å². The van der Waals surface area contributed by atoms with E-state index in [9.17, 15) is 8.42 Å². The molecule has 1 saturated heterocycles. The molecule has 4 rings (SSSR count). The van der Waals surface area contributed by atoms with Gasteiger partial charge >= 0.3 is 0 Å². The average molecular weight is 535 g/mol. The van der Waals surface area contributed by atoms with Gasteiger partial charge in [-0.2, -0.15) is 0 Å². The van der Waals surface area contributed by atoms with Gasteiger partial charge in [0.05, 0.1) is 4.90 Å². The Morgan fingerprint density at radius 3 is 2.24 bits per heavy atom. The third-order valence-corrected chi connectivity index (χ3v) is 8.16. The summed E-state index contributed by atoms with van der Waals surface area (Å²) in [6.45, 7) is 3.37. The zero-order valence-electron chi connectivity index (χ0n) is 22.1. The van der Waals surface area contributed by atoms with E-state index in [1.54, 1.807) is 24.3 Å². The van der Waals surface area contributed by atoms with Crippen LogP contribution in [0.5, 0.6) is 5.75 Å². The van der Waals surface area contributed by atoms with Gasteiger partial charge in [0.25, 0.3) is 0 Å². The molecule has 0 saturated carbocycles. The second-order valence-electron chi connectivity index (χ2n) is 9.94. The number of piperidine rings is 1. The maximum atomic E-state index is 11.6. The molecule has 8 heteroatoms. The zero-order valence-corrected chi connectivity index (χ0v) is 22.9. The van der Waals surface area contributed by atoms with Crippen molar-refractivity contribution in [2.45, 2.75) is 37.2 Å². The molecule has 0 aliphatic carbocycles. The molecule has 3 aromatic carbocycles. The molecule has 0 atom stereocenters. The summed E-state index contributed by atoms with van der Waals surface area (Å²) in [7, 11) is -3.21. The van der Waals surface area contributed by atoms with Gasteiger partial charge in [-0.05, 0) is 85.7 Å². The first-order valence-electron chi connectivity index (χ1n) is 13.2. The molecule has 7 nitrogen and oxygen atoms in total. The number of nitrogens with two attached hydrogens (primary N) is 1. The Bertz CT molecular complexity index is 1270. The highest BCUT2D eigenvalue weighted by Crippen LogP contribution is 2.25. The first-order valence-corrected chi connectivity index (χ1v) is 15.1. The molecule has 3 aromatic rings. The number of ether oxygens (including phenoxy) is 1. The van der Waals surface area contributed by atoms with Crippen LogP contribution in [0, 0.1) is 11.3 Å². The van der Waals surface area contributed by atoms with E-state index in [-0.39, 0.29) is 0 Å². The lowest BCUT2D eigenvalue weighted by atomic mass is 9.90. The Morgan fingerprint density at radius 2 is 1.63 bits per heavy atom.